The van der Waals surface area contributed by atoms with Crippen molar-refractivity contribution in [2.75, 3.05) is 19.8 Å². The van der Waals surface area contributed by atoms with Crippen LogP contribution in [0, 0.1) is 0 Å². The largest absolute Gasteiger partial charge is 0.472 e. The lowest BCUT2D eigenvalue weighted by molar-refractivity contribution is -0.123. The van der Waals surface area contributed by atoms with E-state index in [1.165, 1.54) is 103 Å². The second-order valence-electron chi connectivity index (χ2n) is 12.8. The summed E-state index contributed by atoms with van der Waals surface area (Å²) in [5.41, 5.74) is 5.34. The van der Waals surface area contributed by atoms with Gasteiger partial charge < -0.3 is 21.1 Å². The second kappa shape index (κ2) is 34.6. The summed E-state index contributed by atoms with van der Waals surface area (Å²) < 4.78 is 21.9. The van der Waals surface area contributed by atoms with Crippen molar-refractivity contribution < 1.29 is 28.4 Å². The molecule has 0 aromatic heterocycles. The lowest BCUT2D eigenvalue weighted by Crippen LogP contribution is -2.45. The number of hydrogen-bond donors (Lipinski definition) is 4. The van der Waals surface area contributed by atoms with Gasteiger partial charge in [0, 0.05) is 13.0 Å². The molecule has 0 aromatic rings. The number of rotatable bonds is 35. The minimum atomic E-state index is -4.32. The normalized spacial score (nSPS) is 14.7. The summed E-state index contributed by atoms with van der Waals surface area (Å²) in [6, 6.07) is -0.858. The highest BCUT2D eigenvalue weighted by molar-refractivity contribution is 7.47. The van der Waals surface area contributed by atoms with Crippen molar-refractivity contribution in [3.63, 3.8) is 0 Å². The van der Waals surface area contributed by atoms with Gasteiger partial charge in [0.15, 0.2) is 0 Å². The number of nitrogens with one attached hydrogen (secondary N) is 1. The molecule has 0 saturated heterocycles. The first-order chi connectivity index (χ1) is 22.9. The number of nitrogens with two attached hydrogens (primary N) is 1. The molecule has 1 amide bonds. The van der Waals surface area contributed by atoms with Crippen LogP contribution in [0.5, 0.6) is 0 Å². The molecule has 5 N–H and O–H groups in total. The Morgan fingerprint density at radius 2 is 1.17 bits per heavy atom. The Morgan fingerprint density at radius 1 is 0.702 bits per heavy atom. The minimum Gasteiger partial charge on any atom is -0.387 e. The molecule has 0 aliphatic carbocycles. The molecule has 9 heteroatoms. The van der Waals surface area contributed by atoms with Crippen molar-refractivity contribution in [1.82, 2.24) is 5.32 Å². The Labute approximate surface area is 289 Å². The van der Waals surface area contributed by atoms with Gasteiger partial charge in [-0.3, -0.25) is 13.8 Å². The molecule has 0 aliphatic rings. The summed E-state index contributed by atoms with van der Waals surface area (Å²) in [6.45, 7) is 4.04. The van der Waals surface area contributed by atoms with E-state index in [9.17, 15) is 19.4 Å². The van der Waals surface area contributed by atoms with E-state index >= 15 is 0 Å². The van der Waals surface area contributed by atoms with Crippen molar-refractivity contribution >= 4 is 13.7 Å². The predicted octanol–water partition coefficient (Wildman–Crippen LogP) is 10.00. The topological polar surface area (TPSA) is 131 Å². The zero-order chi connectivity index (χ0) is 34.7. The number of aliphatic hydroxyl groups excluding tert-OH is 1. The number of allylic oxidation sites excluding steroid dienone is 5. The van der Waals surface area contributed by atoms with Gasteiger partial charge in [-0.1, -0.05) is 147 Å². The zero-order valence-electron chi connectivity index (χ0n) is 30.3. The first kappa shape index (κ1) is 45.7. The van der Waals surface area contributed by atoms with Crippen molar-refractivity contribution in [2.24, 2.45) is 5.73 Å². The predicted molar refractivity (Wildman–Crippen MR) is 198 cm³/mol. The van der Waals surface area contributed by atoms with E-state index in [1.54, 1.807) is 6.08 Å². The van der Waals surface area contributed by atoms with Gasteiger partial charge in [0.2, 0.25) is 5.91 Å². The molecule has 0 aliphatic heterocycles. The van der Waals surface area contributed by atoms with Crippen molar-refractivity contribution in [1.29, 1.82) is 0 Å². The van der Waals surface area contributed by atoms with Gasteiger partial charge in [-0.2, -0.15) is 0 Å². The molecule has 47 heavy (non-hydrogen) atoms. The lowest BCUT2D eigenvalue weighted by Gasteiger charge is -2.23. The van der Waals surface area contributed by atoms with Gasteiger partial charge in [0.25, 0.3) is 0 Å². The molecule has 3 atom stereocenters. The molecule has 3 unspecified atom stereocenters. The van der Waals surface area contributed by atoms with Crippen molar-refractivity contribution in [3.8, 4) is 0 Å². The number of unbranched alkanes of at least 4 members (excludes halogenated alkanes) is 19. The zero-order valence-corrected chi connectivity index (χ0v) is 31.2. The van der Waals surface area contributed by atoms with Gasteiger partial charge in [0.05, 0.1) is 25.4 Å². The number of carbonyl (C=O) groups is 1. The van der Waals surface area contributed by atoms with Crippen LogP contribution in [0.25, 0.3) is 0 Å². The summed E-state index contributed by atoms with van der Waals surface area (Å²) in [4.78, 5) is 22.5. The van der Waals surface area contributed by atoms with E-state index in [-0.39, 0.29) is 25.7 Å². The Bertz CT molecular complexity index is 835. The number of aliphatic hydroxyl groups is 1. The van der Waals surface area contributed by atoms with Gasteiger partial charge in [0.1, 0.15) is 0 Å². The van der Waals surface area contributed by atoms with Crippen molar-refractivity contribution in [2.45, 2.75) is 180 Å². The molecular weight excluding hydrogens is 611 g/mol. The first-order valence-corrected chi connectivity index (χ1v) is 20.6. The second-order valence-corrected chi connectivity index (χ2v) is 14.2. The summed E-state index contributed by atoms with van der Waals surface area (Å²) in [5, 5.41) is 13.5. The summed E-state index contributed by atoms with van der Waals surface area (Å²) >= 11 is 0. The molecule has 0 fully saturated rings. The Kier molecular flexibility index (Phi) is 33.6. The lowest BCUT2D eigenvalue weighted by atomic mass is 10.0. The van der Waals surface area contributed by atoms with E-state index < -0.39 is 20.0 Å². The third-order valence-corrected chi connectivity index (χ3v) is 9.19. The molecule has 0 radical (unpaired) electrons. The minimum absolute atomic E-state index is 0.0767. The molecule has 8 nitrogen and oxygen atoms in total. The standard InChI is InChI=1S/C38H73N2O6P/c1-3-5-7-9-11-12-13-14-15-16-17-18-19-20-21-22-23-24-26-28-30-32-38(42)40-36(35-46-47(43,44)45-34-33-39)37(41)31-29-27-25-10-8-6-4-2/h13-14,16-17,29,31,36-37,41H,3-12,15,18-28,30,32-35,39H2,1-2H3,(H,40,42)(H,43,44)/b14-13-,17-16-,31-29+. The van der Waals surface area contributed by atoms with Crippen LogP contribution in [0.1, 0.15) is 168 Å². The molecule has 276 valence electrons. The van der Waals surface area contributed by atoms with Gasteiger partial charge >= 0.3 is 7.82 Å². The highest BCUT2D eigenvalue weighted by Crippen LogP contribution is 2.43. The maximum atomic E-state index is 12.6. The average molecular weight is 685 g/mol. The van der Waals surface area contributed by atoms with Crippen LogP contribution < -0.4 is 11.1 Å². The fourth-order valence-corrected chi connectivity index (χ4v) is 6.04. The highest BCUT2D eigenvalue weighted by Gasteiger charge is 2.26. The number of amides is 1. The Hall–Kier alpha value is -1.28. The Balaban J connectivity index is 4.09. The van der Waals surface area contributed by atoms with Gasteiger partial charge in [-0.05, 0) is 51.4 Å². The fourth-order valence-electron chi connectivity index (χ4n) is 5.28. The monoisotopic (exact) mass is 685 g/mol. The highest BCUT2D eigenvalue weighted by atomic mass is 31.2. The van der Waals surface area contributed by atoms with Crippen molar-refractivity contribution in [3.05, 3.63) is 36.5 Å². The summed E-state index contributed by atoms with van der Waals surface area (Å²) in [6.07, 6.45) is 39.2. The third-order valence-electron chi connectivity index (χ3n) is 8.21. The van der Waals surface area contributed by atoms with Crippen LogP contribution in [0.2, 0.25) is 0 Å². The maximum Gasteiger partial charge on any atom is 0.472 e. The smallest absolute Gasteiger partial charge is 0.387 e. The number of phosphoric acid groups is 1. The summed E-state index contributed by atoms with van der Waals surface area (Å²) in [5.74, 6) is -0.204. The first-order valence-electron chi connectivity index (χ1n) is 19.1. The number of phosphoric ester groups is 1. The van der Waals surface area contributed by atoms with Crippen LogP contribution in [-0.4, -0.2) is 47.8 Å². The van der Waals surface area contributed by atoms with Crippen LogP contribution in [0.4, 0.5) is 0 Å². The molecule has 0 heterocycles. The molecular formula is C38H73N2O6P. The Morgan fingerprint density at radius 3 is 1.68 bits per heavy atom. The van der Waals surface area contributed by atoms with Gasteiger partial charge in [-0.15, -0.1) is 0 Å². The number of carbonyl (C=O) groups excluding carboxylic acids is 1. The van der Waals surface area contributed by atoms with Gasteiger partial charge in [-0.25, -0.2) is 4.57 Å². The quantitative estimate of drug-likeness (QED) is 0.0297. The van der Waals surface area contributed by atoms with Crippen LogP contribution in [-0.2, 0) is 18.4 Å². The van der Waals surface area contributed by atoms with E-state index in [0.717, 1.165) is 44.9 Å². The molecule has 0 spiro atoms. The SMILES string of the molecule is CCCCCCC/C=C\C/C=C\CCCCCCCCCCCC(=O)NC(COP(=O)(O)OCCN)C(O)/C=C/CCCCCCC. The third kappa shape index (κ3) is 33.0. The van der Waals surface area contributed by atoms with Crippen LogP contribution in [0.15, 0.2) is 36.5 Å². The van der Waals surface area contributed by atoms with E-state index in [1.807, 2.05) is 6.08 Å². The van der Waals surface area contributed by atoms with E-state index in [0.29, 0.717) is 6.42 Å². The molecule has 0 saturated carbocycles. The van der Waals surface area contributed by atoms with Crippen LogP contribution in [0.3, 0.4) is 0 Å². The summed E-state index contributed by atoms with van der Waals surface area (Å²) in [7, 11) is -4.32. The van der Waals surface area contributed by atoms with E-state index in [2.05, 4.69) is 43.5 Å². The van der Waals surface area contributed by atoms with E-state index in [4.69, 9.17) is 14.8 Å². The fraction of sp³-hybridized carbons (Fsp3) is 0.816. The molecule has 0 rings (SSSR count). The molecule has 0 aromatic carbocycles. The van der Waals surface area contributed by atoms with Crippen LogP contribution >= 0.6 is 7.82 Å². The molecule has 0 bridgehead atoms. The number of hydrogen-bond acceptors (Lipinski definition) is 6. The average Bonchev–Trinajstić information content (AvgIpc) is 3.05. The maximum absolute atomic E-state index is 12.6.